The molecule has 22 nitrogen and oxygen atoms in total. The Bertz CT molecular complexity index is 2510. The molecule has 3 aliphatic heterocycles. The topological polar surface area (TPSA) is 259 Å². The van der Waals surface area contributed by atoms with Crippen molar-refractivity contribution in [3.8, 4) is 0 Å². The van der Waals surface area contributed by atoms with E-state index in [9.17, 15) is 43.2 Å². The van der Waals surface area contributed by atoms with E-state index in [1.54, 1.807) is 38.0 Å². The Morgan fingerprint density at radius 1 is 0.824 bits per heavy atom. The number of imide groups is 1. The summed E-state index contributed by atoms with van der Waals surface area (Å²) in [7, 11) is 9.62. The zero-order valence-corrected chi connectivity index (χ0v) is 53.8. The van der Waals surface area contributed by atoms with Crippen molar-refractivity contribution in [3.05, 3.63) is 36.0 Å². The van der Waals surface area contributed by atoms with E-state index in [-0.39, 0.29) is 85.3 Å². The molecule has 3 fully saturated rings. The predicted molar refractivity (Wildman–Crippen MR) is 328 cm³/mol. The maximum atomic E-state index is 14.8. The van der Waals surface area contributed by atoms with Gasteiger partial charge in [0.15, 0.2) is 0 Å². The summed E-state index contributed by atoms with van der Waals surface area (Å²) >= 11 is 0. The van der Waals surface area contributed by atoms with Crippen LogP contribution in [-0.2, 0) is 68.7 Å². The minimum Gasteiger partial charge on any atom is -0.379 e. The summed E-state index contributed by atoms with van der Waals surface area (Å²) in [4.78, 5) is 139. The van der Waals surface area contributed by atoms with Crippen molar-refractivity contribution in [2.45, 2.75) is 187 Å². The van der Waals surface area contributed by atoms with Gasteiger partial charge >= 0.3 is 5.97 Å². The third kappa shape index (κ3) is 20.4. The molecule has 0 unspecified atom stereocenters. The molecule has 3 saturated heterocycles. The lowest BCUT2D eigenvalue weighted by atomic mass is 9.89. The monoisotopic (exact) mass is 1230 g/mol. The van der Waals surface area contributed by atoms with Crippen molar-refractivity contribution in [3.63, 3.8) is 0 Å². The average molecular weight is 1230 g/mol. The van der Waals surface area contributed by atoms with Crippen LogP contribution < -0.4 is 16.0 Å². The first kappa shape index (κ1) is 70.5. The second-order valence-corrected chi connectivity index (χ2v) is 26.2. The van der Waals surface area contributed by atoms with E-state index in [1.807, 2.05) is 84.0 Å². The van der Waals surface area contributed by atoms with Crippen molar-refractivity contribution in [1.29, 1.82) is 0 Å². The number of aromatic amines is 1. The fourth-order valence-corrected chi connectivity index (χ4v) is 13.7. The second kappa shape index (κ2) is 35.5. The third-order valence-electron chi connectivity index (χ3n) is 16.7. The lowest BCUT2D eigenvalue weighted by Crippen LogP contribution is -2.60. The number of likely N-dealkylation sites (N-methyl/N-ethyl adjacent to an activating group) is 2. The molecule has 5 rings (SSSR count). The summed E-state index contributed by atoms with van der Waals surface area (Å²) in [6, 6.07) is 4.54. The van der Waals surface area contributed by atoms with Crippen molar-refractivity contribution in [2.75, 3.05) is 72.6 Å². The molecule has 0 spiro atoms. The number of unbranched alkanes of at least 4 members (excludes halogenated alkanes) is 3. The van der Waals surface area contributed by atoms with Crippen LogP contribution in [0.1, 0.15) is 144 Å². The predicted octanol–water partition coefficient (Wildman–Crippen LogP) is 6.21. The number of fused-ring (bicyclic) bond motifs is 1. The number of rotatable bonds is 36. The van der Waals surface area contributed by atoms with Gasteiger partial charge in [0.1, 0.15) is 12.1 Å². The average Bonchev–Trinajstić information content (AvgIpc) is 3.31. The summed E-state index contributed by atoms with van der Waals surface area (Å²) in [5.74, 6) is -3.35. The quantitative estimate of drug-likeness (QED) is 0.0336. The smallest absolute Gasteiger partial charge is 0.334 e. The zero-order valence-electron chi connectivity index (χ0n) is 52.2. The molecule has 0 bridgehead atoms. The van der Waals surface area contributed by atoms with Gasteiger partial charge in [-0.25, -0.2) is 9.86 Å². The number of carbonyl (C=O) groups excluding carboxylic acids is 9. The summed E-state index contributed by atoms with van der Waals surface area (Å²) in [5, 5.41) is 12.0. The number of aromatic nitrogens is 1. The highest BCUT2D eigenvalue weighted by molar-refractivity contribution is 8.76. The molecule has 476 valence electrons. The normalized spacial score (nSPS) is 18.5. The van der Waals surface area contributed by atoms with Crippen LogP contribution in [0.2, 0.25) is 0 Å². The third-order valence-corrected chi connectivity index (χ3v) is 19.1. The number of methoxy groups -OCH3 is 2. The van der Waals surface area contributed by atoms with E-state index in [0.29, 0.717) is 75.0 Å². The van der Waals surface area contributed by atoms with Crippen LogP contribution in [0.15, 0.2) is 30.5 Å². The molecular weight excluding hydrogens is 1130 g/mol. The largest absolute Gasteiger partial charge is 0.379 e. The van der Waals surface area contributed by atoms with Gasteiger partial charge in [0.05, 0.1) is 55.7 Å². The van der Waals surface area contributed by atoms with E-state index in [1.165, 1.54) is 26.7 Å². The highest BCUT2D eigenvalue weighted by Gasteiger charge is 2.44. The van der Waals surface area contributed by atoms with E-state index >= 15 is 0 Å². The van der Waals surface area contributed by atoms with E-state index in [2.05, 4.69) is 20.9 Å². The molecule has 2 aromatic rings. The summed E-state index contributed by atoms with van der Waals surface area (Å²) < 4.78 is 12.3. The standard InChI is InChI=1S/C61H97N9O13S2/c1-12-41(6)56(48(80-10)37-52(74)68-31-21-24-47(68)57(81-11)42(7)58(76)64-46(60(78)69-32-19-20-33-82-69)36-43-38-63-45-23-16-15-22-44(43)45)67(9)61(79)54(39(2)3)65-59(77)55(40(4)5)66(8)30-18-14-13-17-29-62-49(71)27-34-84-85-35-28-53(75)83-70-50(72)25-26-51(70)73/h15-16,22-23,38-42,46-48,54-57,63H,12-14,17-21,24-37H2,1-11H3,(H,62,71)(H,64,76)(H,65,77)/t41-,42+,46-,47-,48+,54-,55-,56-,57+/m0/s1. The van der Waals surface area contributed by atoms with Crippen LogP contribution in [0.4, 0.5) is 0 Å². The summed E-state index contributed by atoms with van der Waals surface area (Å²) in [5.41, 5.74) is 1.81. The van der Waals surface area contributed by atoms with Crippen LogP contribution >= 0.6 is 21.6 Å². The minimum atomic E-state index is -0.919. The van der Waals surface area contributed by atoms with E-state index in [4.69, 9.17) is 19.1 Å². The number of hydrogen-bond acceptors (Lipinski definition) is 16. The van der Waals surface area contributed by atoms with Crippen LogP contribution in [0.25, 0.3) is 10.9 Å². The highest BCUT2D eigenvalue weighted by atomic mass is 33.1. The van der Waals surface area contributed by atoms with Crippen LogP contribution in [-0.4, -0.2) is 198 Å². The van der Waals surface area contributed by atoms with Gasteiger partial charge in [-0.2, -0.15) is 0 Å². The van der Waals surface area contributed by atoms with Gasteiger partial charge in [-0.05, 0) is 81.5 Å². The maximum absolute atomic E-state index is 14.8. The first-order valence-electron chi connectivity index (χ1n) is 30.6. The Hall–Kier alpha value is -5.27. The Morgan fingerprint density at radius 3 is 2.16 bits per heavy atom. The Morgan fingerprint density at radius 2 is 1.52 bits per heavy atom. The van der Waals surface area contributed by atoms with Gasteiger partial charge in [-0.1, -0.05) is 108 Å². The van der Waals surface area contributed by atoms with Crippen LogP contribution in [0, 0.1) is 23.7 Å². The molecule has 0 radical (unpaired) electrons. The van der Waals surface area contributed by atoms with Gasteiger partial charge < -0.3 is 45.0 Å². The Balaban J connectivity index is 1.10. The number of nitrogens with zero attached hydrogens (tertiary/aromatic N) is 5. The lowest BCUT2D eigenvalue weighted by molar-refractivity contribution is -0.199. The van der Waals surface area contributed by atoms with Crippen molar-refractivity contribution >= 4 is 85.7 Å². The minimum absolute atomic E-state index is 0.0351. The van der Waals surface area contributed by atoms with Crippen molar-refractivity contribution < 1.29 is 62.3 Å². The number of likely N-dealkylation sites (tertiary alicyclic amines) is 1. The molecule has 8 amide bonds. The molecule has 4 heterocycles. The van der Waals surface area contributed by atoms with Gasteiger partial charge in [-0.15, -0.1) is 5.06 Å². The van der Waals surface area contributed by atoms with Gasteiger partial charge in [0, 0.05) is 95.2 Å². The number of para-hydroxylation sites is 1. The van der Waals surface area contributed by atoms with Crippen LogP contribution in [0.5, 0.6) is 0 Å². The number of benzene rings is 1. The Labute approximate surface area is 511 Å². The van der Waals surface area contributed by atoms with Gasteiger partial charge in [-0.3, -0.25) is 48.1 Å². The van der Waals surface area contributed by atoms with E-state index in [0.717, 1.165) is 55.0 Å². The molecule has 85 heavy (non-hydrogen) atoms. The Kier molecular flexibility index (Phi) is 29.5. The fourth-order valence-electron chi connectivity index (χ4n) is 11.7. The molecular formula is C61H97N9O13S2. The van der Waals surface area contributed by atoms with Crippen molar-refractivity contribution in [2.24, 2.45) is 23.7 Å². The molecule has 1 aromatic heterocycles. The number of carbonyl (C=O) groups is 9. The molecule has 0 aliphatic carbocycles. The highest BCUT2D eigenvalue weighted by Crippen LogP contribution is 2.31. The zero-order chi connectivity index (χ0) is 62.3. The lowest BCUT2D eigenvalue weighted by Gasteiger charge is -2.41. The van der Waals surface area contributed by atoms with Gasteiger partial charge in [0.25, 0.3) is 17.7 Å². The molecule has 3 aliphatic rings. The first-order chi connectivity index (χ1) is 40.6. The van der Waals surface area contributed by atoms with Crippen molar-refractivity contribution in [1.82, 2.24) is 45.8 Å². The molecule has 4 N–H and O–H groups in total. The summed E-state index contributed by atoms with van der Waals surface area (Å²) in [6.07, 6.45) is 8.15. The number of hydroxylamine groups is 4. The number of nitrogens with one attached hydrogen (secondary N) is 4. The SMILES string of the molecule is CC[C@H](C)[C@@H]([C@@H](CC(=O)N1CCC[C@H]1[C@H](OC)[C@@H](C)C(=O)N[C@@H](Cc1c[nH]c2ccccc12)C(=O)N1CCCCO1)OC)N(C)C(=O)[C@@H](NC(=O)[C@H](C(C)C)N(C)CCCCCCNC(=O)CCSSCCC(=O)ON1C(=O)CCC1=O)C(C)C. The number of H-pyrrole nitrogens is 1. The number of amides is 8. The molecule has 24 heteroatoms. The summed E-state index contributed by atoms with van der Waals surface area (Å²) in [6.45, 7) is 16.1. The van der Waals surface area contributed by atoms with Crippen LogP contribution in [0.3, 0.4) is 0 Å². The second-order valence-electron chi connectivity index (χ2n) is 23.5. The van der Waals surface area contributed by atoms with Gasteiger partial charge in [0.2, 0.25) is 29.5 Å². The first-order valence-corrected chi connectivity index (χ1v) is 33.1. The number of hydrogen-bond donors (Lipinski definition) is 4. The molecule has 9 atom stereocenters. The number of ether oxygens (including phenoxy) is 2. The molecule has 0 saturated carbocycles. The maximum Gasteiger partial charge on any atom is 0.334 e. The van der Waals surface area contributed by atoms with E-state index < -0.39 is 66.1 Å². The fraction of sp³-hybridized carbons (Fsp3) is 0.721. The molecule has 1 aromatic carbocycles.